The topological polar surface area (TPSA) is 102 Å². The lowest BCUT2D eigenvalue weighted by Crippen LogP contribution is -2.30. The number of nitrogens with zero attached hydrogens (tertiary/aromatic N) is 2. The number of Topliss-reactive ketones (excluding diaryl/α,β-unsaturated/α-hetero) is 1. The average Bonchev–Trinajstić information content (AvgIpc) is 3.42. The third kappa shape index (κ3) is 4.43. The molecule has 9 heteroatoms. The van der Waals surface area contributed by atoms with Crippen LogP contribution in [-0.4, -0.2) is 36.2 Å². The molecule has 0 aliphatic carbocycles. The normalized spacial score (nSPS) is 17.7. The summed E-state index contributed by atoms with van der Waals surface area (Å²) in [7, 11) is 3.00. The van der Waals surface area contributed by atoms with E-state index in [0.29, 0.717) is 28.4 Å². The van der Waals surface area contributed by atoms with Crippen LogP contribution < -0.4 is 14.4 Å². The zero-order valence-corrected chi connectivity index (χ0v) is 21.5. The maximum atomic E-state index is 13.3. The summed E-state index contributed by atoms with van der Waals surface area (Å²) >= 11 is 3.36. The Hall–Kier alpha value is -3.59. The highest BCUT2D eigenvalue weighted by Gasteiger charge is 2.49. The van der Waals surface area contributed by atoms with Gasteiger partial charge in [0.25, 0.3) is 5.78 Å². The molecule has 1 aliphatic rings. The Balaban J connectivity index is 1.97. The van der Waals surface area contributed by atoms with Gasteiger partial charge in [0.05, 0.1) is 19.8 Å². The van der Waals surface area contributed by atoms with Crippen LogP contribution in [0.2, 0.25) is 0 Å². The van der Waals surface area contributed by atoms with Gasteiger partial charge in [0.15, 0.2) is 5.82 Å². The highest BCUT2D eigenvalue weighted by atomic mass is 79.9. The number of carbonyl (C=O) groups is 2. The maximum Gasteiger partial charge on any atom is 0.301 e. The molecule has 2 heterocycles. The van der Waals surface area contributed by atoms with Gasteiger partial charge < -0.3 is 19.1 Å². The second-order valence-corrected chi connectivity index (χ2v) is 10.00. The number of hydrogen-bond donors (Lipinski definition) is 1. The van der Waals surface area contributed by atoms with E-state index in [-0.39, 0.29) is 22.6 Å². The molecule has 2 aromatic carbocycles. The molecule has 0 bridgehead atoms. The number of halogens is 1. The number of ketones is 1. The molecule has 3 aromatic rings. The number of aliphatic hydroxyl groups is 1. The summed E-state index contributed by atoms with van der Waals surface area (Å²) in [5.41, 5.74) is 0.413. The fourth-order valence-corrected chi connectivity index (χ4v) is 4.17. The molecule has 0 saturated carbocycles. The van der Waals surface area contributed by atoms with Crippen molar-refractivity contribution in [1.29, 1.82) is 0 Å². The van der Waals surface area contributed by atoms with Gasteiger partial charge in [-0.1, -0.05) is 54.0 Å². The van der Waals surface area contributed by atoms with Crippen LogP contribution in [0.1, 0.15) is 43.7 Å². The number of hydrogen-bond acceptors (Lipinski definition) is 7. The minimum atomic E-state index is -1.02. The van der Waals surface area contributed by atoms with Crippen molar-refractivity contribution in [2.45, 2.75) is 32.2 Å². The highest BCUT2D eigenvalue weighted by molar-refractivity contribution is 9.10. The number of aromatic nitrogens is 1. The van der Waals surface area contributed by atoms with E-state index in [4.69, 9.17) is 14.0 Å². The van der Waals surface area contributed by atoms with E-state index in [0.717, 1.165) is 4.47 Å². The van der Waals surface area contributed by atoms with Crippen LogP contribution >= 0.6 is 15.9 Å². The molecule has 1 amide bonds. The summed E-state index contributed by atoms with van der Waals surface area (Å²) in [6.07, 6.45) is 0. The first kappa shape index (κ1) is 24.5. The van der Waals surface area contributed by atoms with Crippen LogP contribution in [-0.2, 0) is 15.0 Å². The zero-order chi connectivity index (χ0) is 25.5. The second kappa shape index (κ2) is 9.22. The molecule has 8 nitrogen and oxygen atoms in total. The predicted molar refractivity (Wildman–Crippen MR) is 134 cm³/mol. The zero-order valence-electron chi connectivity index (χ0n) is 20.0. The monoisotopic (exact) mass is 540 g/mol. The third-order valence-corrected chi connectivity index (χ3v) is 6.31. The summed E-state index contributed by atoms with van der Waals surface area (Å²) in [5, 5.41) is 15.3. The Morgan fingerprint density at radius 3 is 2.31 bits per heavy atom. The smallest absolute Gasteiger partial charge is 0.301 e. The van der Waals surface area contributed by atoms with Gasteiger partial charge in [0, 0.05) is 33.1 Å². The van der Waals surface area contributed by atoms with Gasteiger partial charge in [-0.15, -0.1) is 0 Å². The molecule has 35 heavy (non-hydrogen) atoms. The number of methoxy groups -OCH3 is 2. The summed E-state index contributed by atoms with van der Waals surface area (Å²) in [5.74, 6) is -0.360. The lowest BCUT2D eigenvalue weighted by atomic mass is 9.93. The van der Waals surface area contributed by atoms with E-state index in [1.54, 1.807) is 48.5 Å². The van der Waals surface area contributed by atoms with E-state index in [2.05, 4.69) is 21.1 Å². The second-order valence-electron chi connectivity index (χ2n) is 9.08. The Labute approximate surface area is 211 Å². The van der Waals surface area contributed by atoms with Crippen molar-refractivity contribution in [3.63, 3.8) is 0 Å². The minimum Gasteiger partial charge on any atom is -0.507 e. The molecule has 1 aliphatic heterocycles. The van der Waals surface area contributed by atoms with Crippen molar-refractivity contribution in [3.8, 4) is 11.5 Å². The summed E-state index contributed by atoms with van der Waals surface area (Å²) < 4.78 is 17.2. The van der Waals surface area contributed by atoms with Gasteiger partial charge in [-0.05, 0) is 24.3 Å². The van der Waals surface area contributed by atoms with Crippen LogP contribution in [0, 0.1) is 0 Å². The molecule has 1 aromatic heterocycles. The fraction of sp³-hybridized carbons (Fsp3) is 0.269. The van der Waals surface area contributed by atoms with Crippen molar-refractivity contribution >= 4 is 39.2 Å². The molecule has 1 N–H and O–H groups in total. The van der Waals surface area contributed by atoms with Crippen LogP contribution in [0.4, 0.5) is 5.82 Å². The molecule has 1 saturated heterocycles. The van der Waals surface area contributed by atoms with Gasteiger partial charge in [-0.25, -0.2) is 0 Å². The maximum absolute atomic E-state index is 13.3. The average molecular weight is 541 g/mol. The molecule has 182 valence electrons. The Morgan fingerprint density at radius 1 is 1.06 bits per heavy atom. The molecule has 4 rings (SSSR count). The Morgan fingerprint density at radius 2 is 1.74 bits per heavy atom. The summed E-state index contributed by atoms with van der Waals surface area (Å²) in [6, 6.07) is 12.4. The highest BCUT2D eigenvalue weighted by Crippen LogP contribution is 2.46. The standard InChI is InChI=1S/C26H25BrN2O6/c1-26(2,3)19-13-20(28-35-19)29-22(17-11-10-16(33-4)12-18(17)34-5)21(24(31)25(29)32)23(30)14-6-8-15(27)9-7-14/h6-13,22,30H,1-5H3/t22-/m0/s1. The van der Waals surface area contributed by atoms with Gasteiger partial charge in [-0.3, -0.25) is 14.5 Å². The first-order valence-electron chi connectivity index (χ1n) is 10.8. The lowest BCUT2D eigenvalue weighted by Gasteiger charge is -2.24. The first-order valence-corrected chi connectivity index (χ1v) is 11.6. The third-order valence-electron chi connectivity index (χ3n) is 5.78. The van der Waals surface area contributed by atoms with Crippen molar-refractivity contribution in [2.75, 3.05) is 19.1 Å². The molecule has 1 fully saturated rings. The van der Waals surface area contributed by atoms with Crippen molar-refractivity contribution in [2.24, 2.45) is 0 Å². The molecular weight excluding hydrogens is 516 g/mol. The molecule has 1 atom stereocenters. The van der Waals surface area contributed by atoms with Gasteiger partial charge in [-0.2, -0.15) is 0 Å². The fourth-order valence-electron chi connectivity index (χ4n) is 3.90. The predicted octanol–water partition coefficient (Wildman–Crippen LogP) is 5.38. The first-order chi connectivity index (χ1) is 16.6. The Bertz CT molecular complexity index is 1320. The van der Waals surface area contributed by atoms with Crippen LogP contribution in [0.3, 0.4) is 0 Å². The van der Waals surface area contributed by atoms with E-state index in [1.165, 1.54) is 19.1 Å². The number of rotatable bonds is 5. The van der Waals surface area contributed by atoms with Crippen molar-refractivity contribution in [3.05, 3.63) is 75.5 Å². The number of benzene rings is 2. The van der Waals surface area contributed by atoms with Crippen LogP contribution in [0.25, 0.3) is 5.76 Å². The van der Waals surface area contributed by atoms with Crippen molar-refractivity contribution in [1.82, 2.24) is 5.16 Å². The molecule has 0 unspecified atom stereocenters. The van der Waals surface area contributed by atoms with E-state index < -0.39 is 17.7 Å². The summed E-state index contributed by atoms with van der Waals surface area (Å²) in [6.45, 7) is 5.84. The van der Waals surface area contributed by atoms with Crippen LogP contribution in [0.5, 0.6) is 11.5 Å². The van der Waals surface area contributed by atoms with Crippen LogP contribution in [0.15, 0.2) is 63.1 Å². The van der Waals surface area contributed by atoms with Gasteiger partial charge >= 0.3 is 5.91 Å². The minimum absolute atomic E-state index is 0.0823. The SMILES string of the molecule is COc1ccc([C@H]2C(=C(O)c3ccc(Br)cc3)C(=O)C(=O)N2c2cc(C(C)(C)C)on2)c(OC)c1. The number of amides is 1. The quantitative estimate of drug-likeness (QED) is 0.263. The van der Waals surface area contributed by atoms with Crippen molar-refractivity contribution < 1.29 is 28.7 Å². The molecular formula is C26H25BrN2O6. The summed E-state index contributed by atoms with van der Waals surface area (Å²) in [4.78, 5) is 27.9. The van der Waals surface area contributed by atoms with E-state index in [9.17, 15) is 14.7 Å². The number of aliphatic hydroxyl groups excluding tert-OH is 1. The molecule has 0 spiro atoms. The number of anilines is 1. The van der Waals surface area contributed by atoms with E-state index in [1.807, 2.05) is 20.8 Å². The van der Waals surface area contributed by atoms with Gasteiger partial charge in [0.1, 0.15) is 29.1 Å². The van der Waals surface area contributed by atoms with Gasteiger partial charge in [0.2, 0.25) is 0 Å². The largest absolute Gasteiger partial charge is 0.507 e. The lowest BCUT2D eigenvalue weighted by molar-refractivity contribution is -0.132. The Kier molecular flexibility index (Phi) is 6.46. The number of carbonyl (C=O) groups excluding carboxylic acids is 2. The van der Waals surface area contributed by atoms with E-state index >= 15 is 0 Å². The number of ether oxygens (including phenoxy) is 2. The molecule has 0 radical (unpaired) electrons.